The molecule has 52 heavy (non-hydrogen) atoms. The molecule has 0 fully saturated rings. The molecular formula is C50H36N2. The summed E-state index contributed by atoms with van der Waals surface area (Å²) in [5.41, 5.74) is 14.6. The van der Waals surface area contributed by atoms with E-state index in [9.17, 15) is 0 Å². The second-order valence-corrected chi connectivity index (χ2v) is 13.7. The van der Waals surface area contributed by atoms with Crippen LogP contribution in [-0.2, 0) is 6.42 Å². The van der Waals surface area contributed by atoms with Crippen molar-refractivity contribution in [1.29, 1.82) is 0 Å². The fourth-order valence-corrected chi connectivity index (χ4v) is 8.10. The zero-order chi connectivity index (χ0) is 34.4. The van der Waals surface area contributed by atoms with Crippen molar-refractivity contribution in [2.24, 2.45) is 0 Å². The normalized spacial score (nSPS) is 12.4. The lowest BCUT2D eigenvalue weighted by Gasteiger charge is -2.28. The standard InChI is InChI=1S/C50H36N2/c1-3-13-35(14-4-1)37-25-29-42(30-26-37)51(43-31-27-38(28-32-43)40-24-23-36-15-7-8-16-39(36)33-40)49-34-47-45-20-11-12-22-48(45)52(41-17-5-2-6-18-41)50(47)46-21-10-9-19-44(46)49/h1-6,8-14,16-34H,7,15H2. The van der Waals surface area contributed by atoms with Crippen LogP contribution in [0.2, 0.25) is 0 Å². The van der Waals surface area contributed by atoms with E-state index >= 15 is 0 Å². The molecule has 9 aromatic rings. The van der Waals surface area contributed by atoms with Gasteiger partial charge in [0.1, 0.15) is 0 Å². The number of anilines is 3. The van der Waals surface area contributed by atoms with Crippen LogP contribution in [0.3, 0.4) is 0 Å². The van der Waals surface area contributed by atoms with Gasteiger partial charge in [-0.1, -0.05) is 140 Å². The molecule has 0 spiro atoms. The van der Waals surface area contributed by atoms with Crippen molar-refractivity contribution in [2.75, 3.05) is 4.90 Å². The van der Waals surface area contributed by atoms with E-state index in [0.717, 1.165) is 35.6 Å². The number of fused-ring (bicyclic) bond motifs is 6. The smallest absolute Gasteiger partial charge is 0.0621 e. The van der Waals surface area contributed by atoms with Crippen LogP contribution in [0.25, 0.3) is 66.6 Å². The van der Waals surface area contributed by atoms with E-state index in [4.69, 9.17) is 0 Å². The zero-order valence-corrected chi connectivity index (χ0v) is 28.8. The van der Waals surface area contributed by atoms with Gasteiger partial charge in [0.25, 0.3) is 0 Å². The molecule has 1 aliphatic carbocycles. The highest BCUT2D eigenvalue weighted by molar-refractivity contribution is 6.22. The molecule has 0 radical (unpaired) electrons. The van der Waals surface area contributed by atoms with Crippen molar-refractivity contribution in [3.05, 3.63) is 199 Å². The highest BCUT2D eigenvalue weighted by atomic mass is 15.1. The minimum absolute atomic E-state index is 1.11. The van der Waals surface area contributed by atoms with Gasteiger partial charge in [0, 0.05) is 38.6 Å². The van der Waals surface area contributed by atoms with Gasteiger partial charge >= 0.3 is 0 Å². The van der Waals surface area contributed by atoms with Crippen molar-refractivity contribution in [3.63, 3.8) is 0 Å². The molecule has 0 saturated heterocycles. The van der Waals surface area contributed by atoms with Crippen LogP contribution in [0.5, 0.6) is 0 Å². The van der Waals surface area contributed by atoms with Crippen LogP contribution in [0.15, 0.2) is 188 Å². The first-order valence-electron chi connectivity index (χ1n) is 18.2. The molecule has 0 aliphatic heterocycles. The van der Waals surface area contributed by atoms with Crippen LogP contribution >= 0.6 is 0 Å². The monoisotopic (exact) mass is 664 g/mol. The second-order valence-electron chi connectivity index (χ2n) is 13.7. The van der Waals surface area contributed by atoms with Crippen molar-refractivity contribution in [3.8, 4) is 27.9 Å². The average Bonchev–Trinajstić information content (AvgIpc) is 3.56. The van der Waals surface area contributed by atoms with Crippen LogP contribution in [0.4, 0.5) is 17.1 Å². The number of hydrogen-bond donors (Lipinski definition) is 0. The SMILES string of the molecule is C1=Cc2cc(-c3ccc(N(c4ccc(-c5ccccc5)cc4)c4cc5c6ccccc6n(-c6ccccc6)c5c5ccccc45)cc3)ccc2CC1. The fourth-order valence-electron chi connectivity index (χ4n) is 8.10. The molecule has 0 bridgehead atoms. The van der Waals surface area contributed by atoms with Gasteiger partial charge in [-0.3, -0.25) is 0 Å². The Labute approximate surface area is 304 Å². The third kappa shape index (κ3) is 5.11. The molecule has 1 aliphatic rings. The molecule has 0 atom stereocenters. The number of aryl methyl sites for hydroxylation is 1. The number of benzene rings is 8. The van der Waals surface area contributed by atoms with E-state index in [1.165, 1.54) is 66.0 Å². The van der Waals surface area contributed by atoms with Crippen LogP contribution < -0.4 is 4.90 Å². The molecule has 1 aromatic heterocycles. The summed E-state index contributed by atoms with van der Waals surface area (Å²) >= 11 is 0. The Hall–Kier alpha value is -6.64. The summed E-state index contributed by atoms with van der Waals surface area (Å²) in [5, 5.41) is 4.90. The number of nitrogens with zero attached hydrogens (tertiary/aromatic N) is 2. The Morgan fingerprint density at radius 1 is 0.442 bits per heavy atom. The van der Waals surface area contributed by atoms with Gasteiger partial charge in [-0.25, -0.2) is 0 Å². The van der Waals surface area contributed by atoms with Crippen LogP contribution in [-0.4, -0.2) is 4.57 Å². The quantitative estimate of drug-likeness (QED) is 0.172. The summed E-state index contributed by atoms with van der Waals surface area (Å²) in [6.45, 7) is 0. The average molecular weight is 665 g/mol. The Bertz CT molecular complexity index is 2750. The largest absolute Gasteiger partial charge is 0.310 e. The van der Waals surface area contributed by atoms with Gasteiger partial charge in [0.05, 0.1) is 16.7 Å². The zero-order valence-electron chi connectivity index (χ0n) is 28.8. The van der Waals surface area contributed by atoms with Gasteiger partial charge in [-0.15, -0.1) is 0 Å². The molecule has 8 aromatic carbocycles. The van der Waals surface area contributed by atoms with Crippen molar-refractivity contribution >= 4 is 55.7 Å². The molecular weight excluding hydrogens is 629 g/mol. The summed E-state index contributed by atoms with van der Waals surface area (Å²) in [6, 6.07) is 66.5. The second kappa shape index (κ2) is 12.6. The number of hydrogen-bond acceptors (Lipinski definition) is 1. The lowest BCUT2D eigenvalue weighted by Crippen LogP contribution is -2.10. The van der Waals surface area contributed by atoms with E-state index < -0.39 is 0 Å². The third-order valence-electron chi connectivity index (χ3n) is 10.6. The van der Waals surface area contributed by atoms with Crippen molar-refractivity contribution in [2.45, 2.75) is 12.8 Å². The first kappa shape index (κ1) is 30.2. The highest BCUT2D eigenvalue weighted by Gasteiger charge is 2.22. The van der Waals surface area contributed by atoms with E-state index in [2.05, 4.69) is 204 Å². The summed E-state index contributed by atoms with van der Waals surface area (Å²) in [4.78, 5) is 2.44. The summed E-state index contributed by atoms with van der Waals surface area (Å²) in [6.07, 6.45) is 6.80. The lowest BCUT2D eigenvalue weighted by molar-refractivity contribution is 0.986. The minimum Gasteiger partial charge on any atom is -0.310 e. The lowest BCUT2D eigenvalue weighted by atomic mass is 9.93. The summed E-state index contributed by atoms with van der Waals surface area (Å²) in [5.74, 6) is 0. The minimum atomic E-state index is 1.11. The fraction of sp³-hybridized carbons (Fsp3) is 0.0400. The Morgan fingerprint density at radius 3 is 1.75 bits per heavy atom. The molecule has 2 heteroatoms. The van der Waals surface area contributed by atoms with Gasteiger partial charge in [0.15, 0.2) is 0 Å². The molecule has 0 unspecified atom stereocenters. The van der Waals surface area contributed by atoms with Gasteiger partial charge in [0.2, 0.25) is 0 Å². The van der Waals surface area contributed by atoms with E-state index in [1.54, 1.807) is 0 Å². The predicted octanol–water partition coefficient (Wildman–Crippen LogP) is 13.7. The topological polar surface area (TPSA) is 8.17 Å². The molecule has 246 valence electrons. The molecule has 0 saturated carbocycles. The molecule has 1 heterocycles. The summed E-state index contributed by atoms with van der Waals surface area (Å²) in [7, 11) is 0. The number of allylic oxidation sites excluding steroid dienone is 1. The maximum Gasteiger partial charge on any atom is 0.0621 e. The van der Waals surface area contributed by atoms with Crippen LogP contribution in [0, 0.1) is 0 Å². The highest BCUT2D eigenvalue weighted by Crippen LogP contribution is 2.46. The Kier molecular flexibility index (Phi) is 7.32. The Balaban J connectivity index is 1.19. The summed E-state index contributed by atoms with van der Waals surface area (Å²) < 4.78 is 2.43. The number of para-hydroxylation sites is 2. The maximum atomic E-state index is 2.44. The number of aromatic nitrogens is 1. The predicted molar refractivity (Wildman–Crippen MR) is 221 cm³/mol. The first-order chi connectivity index (χ1) is 25.8. The van der Waals surface area contributed by atoms with Crippen LogP contribution in [0.1, 0.15) is 17.5 Å². The molecule has 0 N–H and O–H groups in total. The van der Waals surface area contributed by atoms with E-state index in [-0.39, 0.29) is 0 Å². The van der Waals surface area contributed by atoms with E-state index in [0.29, 0.717) is 0 Å². The Morgan fingerprint density at radius 2 is 1.02 bits per heavy atom. The maximum absolute atomic E-state index is 2.44. The van der Waals surface area contributed by atoms with Gasteiger partial charge in [-0.05, 0) is 101 Å². The van der Waals surface area contributed by atoms with Crippen molar-refractivity contribution < 1.29 is 0 Å². The first-order valence-corrected chi connectivity index (χ1v) is 18.2. The molecule has 10 rings (SSSR count). The van der Waals surface area contributed by atoms with Crippen molar-refractivity contribution in [1.82, 2.24) is 4.57 Å². The van der Waals surface area contributed by atoms with Gasteiger partial charge in [-0.2, -0.15) is 0 Å². The van der Waals surface area contributed by atoms with E-state index in [1.807, 2.05) is 0 Å². The molecule has 0 amide bonds. The van der Waals surface area contributed by atoms with Gasteiger partial charge < -0.3 is 9.47 Å². The molecule has 2 nitrogen and oxygen atoms in total. The number of rotatable bonds is 6. The third-order valence-corrected chi connectivity index (χ3v) is 10.6.